The number of piperidine rings is 1. The van der Waals surface area contributed by atoms with Crippen LogP contribution in [0.2, 0.25) is 0 Å². The third-order valence-electron chi connectivity index (χ3n) is 5.28. The van der Waals surface area contributed by atoms with Gasteiger partial charge in [0.2, 0.25) is 0 Å². The van der Waals surface area contributed by atoms with Crippen molar-refractivity contribution in [1.29, 1.82) is 0 Å². The van der Waals surface area contributed by atoms with E-state index in [0.717, 1.165) is 43.9 Å². The molecule has 0 radical (unpaired) electrons. The van der Waals surface area contributed by atoms with Crippen molar-refractivity contribution in [3.8, 4) is 0 Å². The number of amides is 1. The summed E-state index contributed by atoms with van der Waals surface area (Å²) in [7, 11) is 0. The van der Waals surface area contributed by atoms with Gasteiger partial charge >= 0.3 is 0 Å². The summed E-state index contributed by atoms with van der Waals surface area (Å²) in [4.78, 5) is 15.3. The van der Waals surface area contributed by atoms with E-state index in [1.165, 1.54) is 19.3 Å². The summed E-state index contributed by atoms with van der Waals surface area (Å²) in [6.07, 6.45) is 5.85. The van der Waals surface area contributed by atoms with Gasteiger partial charge in [0.15, 0.2) is 0 Å². The van der Waals surface area contributed by atoms with Crippen molar-refractivity contribution < 1.29 is 4.79 Å². The Kier molecular flexibility index (Phi) is 5.05. The highest BCUT2D eigenvalue weighted by atomic mass is 16.2. The molecule has 2 fully saturated rings. The van der Waals surface area contributed by atoms with Gasteiger partial charge in [0, 0.05) is 25.2 Å². The number of rotatable bonds is 3. The van der Waals surface area contributed by atoms with Crippen LogP contribution in [0.1, 0.15) is 75.0 Å². The van der Waals surface area contributed by atoms with Gasteiger partial charge in [-0.25, -0.2) is 0 Å². The molecule has 23 heavy (non-hydrogen) atoms. The molecule has 5 heteroatoms. The maximum atomic E-state index is 13.2. The number of aryl methyl sites for hydroxylation is 1. The molecule has 0 aromatic carbocycles. The Bertz CT molecular complexity index is 551. The quantitative estimate of drug-likeness (QED) is 0.932. The van der Waals surface area contributed by atoms with E-state index in [2.05, 4.69) is 36.1 Å². The standard InChI is InChI=1S/C18H30N4O/c1-4-22-17(12-15(20-22)13(2)3)18(23)21-11-7-8-14-16(21)9-5-6-10-19-14/h12-14,16,19H,4-11H2,1-3H3/t14-,16+/m1/s1. The summed E-state index contributed by atoms with van der Waals surface area (Å²) in [5.41, 5.74) is 1.78. The second-order valence-electron chi connectivity index (χ2n) is 7.19. The average Bonchev–Trinajstić information content (AvgIpc) is 2.85. The molecule has 2 saturated heterocycles. The van der Waals surface area contributed by atoms with Crippen LogP contribution >= 0.6 is 0 Å². The number of likely N-dealkylation sites (tertiary alicyclic amines) is 1. The number of hydrogen-bond acceptors (Lipinski definition) is 3. The zero-order valence-corrected chi connectivity index (χ0v) is 14.7. The molecule has 0 spiro atoms. The van der Waals surface area contributed by atoms with Gasteiger partial charge in [-0.1, -0.05) is 20.3 Å². The molecular formula is C18H30N4O. The summed E-state index contributed by atoms with van der Waals surface area (Å²) in [5, 5.41) is 8.28. The molecule has 1 N–H and O–H groups in total. The summed E-state index contributed by atoms with van der Waals surface area (Å²) in [5.74, 6) is 0.521. The van der Waals surface area contributed by atoms with Gasteiger partial charge in [-0.05, 0) is 51.1 Å². The van der Waals surface area contributed by atoms with Crippen molar-refractivity contribution in [1.82, 2.24) is 20.0 Å². The first-order valence-corrected chi connectivity index (χ1v) is 9.24. The summed E-state index contributed by atoms with van der Waals surface area (Å²) in [6, 6.07) is 2.82. The lowest BCUT2D eigenvalue weighted by molar-refractivity contribution is 0.0534. The molecule has 3 rings (SSSR count). The van der Waals surface area contributed by atoms with Gasteiger partial charge in [0.05, 0.1) is 5.69 Å². The molecule has 2 aliphatic heterocycles. The van der Waals surface area contributed by atoms with Crippen LogP contribution in [0.25, 0.3) is 0 Å². The van der Waals surface area contributed by atoms with Gasteiger partial charge in [-0.15, -0.1) is 0 Å². The van der Waals surface area contributed by atoms with Crippen molar-refractivity contribution in [3.05, 3.63) is 17.5 Å². The average molecular weight is 318 g/mol. The first kappa shape index (κ1) is 16.5. The number of fused-ring (bicyclic) bond motifs is 1. The Morgan fingerprint density at radius 2 is 2.17 bits per heavy atom. The number of hydrogen-bond donors (Lipinski definition) is 1. The van der Waals surface area contributed by atoms with Gasteiger partial charge in [0.25, 0.3) is 5.91 Å². The number of nitrogens with one attached hydrogen (secondary N) is 1. The van der Waals surface area contributed by atoms with Crippen LogP contribution in [0.15, 0.2) is 6.07 Å². The first-order chi connectivity index (χ1) is 11.1. The lowest BCUT2D eigenvalue weighted by Crippen LogP contribution is -2.55. The topological polar surface area (TPSA) is 50.2 Å². The molecule has 128 valence electrons. The highest BCUT2D eigenvalue weighted by molar-refractivity contribution is 5.93. The lowest BCUT2D eigenvalue weighted by atomic mass is 9.93. The van der Waals surface area contributed by atoms with Gasteiger partial charge in [0.1, 0.15) is 5.69 Å². The predicted octanol–water partition coefficient (Wildman–Crippen LogP) is 2.77. The number of carbonyl (C=O) groups excluding carboxylic acids is 1. The minimum absolute atomic E-state index is 0.171. The van der Waals surface area contributed by atoms with E-state index in [0.29, 0.717) is 18.0 Å². The molecule has 1 amide bonds. The molecule has 0 saturated carbocycles. The van der Waals surface area contributed by atoms with E-state index in [1.807, 2.05) is 10.7 Å². The van der Waals surface area contributed by atoms with Crippen molar-refractivity contribution in [2.24, 2.45) is 0 Å². The summed E-state index contributed by atoms with van der Waals surface area (Å²) >= 11 is 0. The van der Waals surface area contributed by atoms with E-state index < -0.39 is 0 Å². The second kappa shape index (κ2) is 7.04. The van der Waals surface area contributed by atoms with E-state index >= 15 is 0 Å². The Hall–Kier alpha value is -1.36. The molecular weight excluding hydrogens is 288 g/mol. The van der Waals surface area contributed by atoms with Crippen LogP contribution < -0.4 is 5.32 Å². The van der Waals surface area contributed by atoms with Crippen molar-refractivity contribution >= 4 is 5.91 Å². The Balaban J connectivity index is 1.86. The second-order valence-corrected chi connectivity index (χ2v) is 7.19. The van der Waals surface area contributed by atoms with E-state index in [-0.39, 0.29) is 5.91 Å². The largest absolute Gasteiger partial charge is 0.333 e. The minimum atomic E-state index is 0.171. The third-order valence-corrected chi connectivity index (χ3v) is 5.28. The molecule has 1 aromatic heterocycles. The molecule has 0 bridgehead atoms. The van der Waals surface area contributed by atoms with E-state index in [4.69, 9.17) is 0 Å². The van der Waals surface area contributed by atoms with Gasteiger partial charge in [-0.2, -0.15) is 5.10 Å². The highest BCUT2D eigenvalue weighted by Crippen LogP contribution is 2.26. The van der Waals surface area contributed by atoms with E-state index in [9.17, 15) is 4.79 Å². The van der Waals surface area contributed by atoms with Crippen molar-refractivity contribution in [2.45, 2.75) is 77.4 Å². The summed E-state index contributed by atoms with van der Waals surface area (Å²) in [6.45, 7) is 9.03. The smallest absolute Gasteiger partial charge is 0.272 e. The van der Waals surface area contributed by atoms with Crippen LogP contribution in [-0.4, -0.2) is 45.8 Å². The fourth-order valence-corrected chi connectivity index (χ4v) is 3.95. The third kappa shape index (κ3) is 3.30. The van der Waals surface area contributed by atoms with Gasteiger partial charge < -0.3 is 10.2 Å². The minimum Gasteiger partial charge on any atom is -0.333 e. The van der Waals surface area contributed by atoms with Crippen LogP contribution in [-0.2, 0) is 6.54 Å². The van der Waals surface area contributed by atoms with Crippen LogP contribution in [0.3, 0.4) is 0 Å². The SMILES string of the molecule is CCn1nc(C(C)C)cc1C(=O)N1CCC[C@H]2NCCCC[C@@H]21. The zero-order valence-electron chi connectivity index (χ0n) is 14.7. The first-order valence-electron chi connectivity index (χ1n) is 9.24. The number of aromatic nitrogens is 2. The van der Waals surface area contributed by atoms with Crippen LogP contribution in [0, 0.1) is 0 Å². The molecule has 2 atom stereocenters. The summed E-state index contributed by atoms with van der Waals surface area (Å²) < 4.78 is 1.88. The molecule has 2 aliphatic rings. The fraction of sp³-hybridized carbons (Fsp3) is 0.778. The van der Waals surface area contributed by atoms with Crippen molar-refractivity contribution in [2.75, 3.05) is 13.1 Å². The maximum Gasteiger partial charge on any atom is 0.272 e. The Morgan fingerprint density at radius 3 is 2.91 bits per heavy atom. The molecule has 1 aromatic rings. The Morgan fingerprint density at radius 1 is 1.35 bits per heavy atom. The van der Waals surface area contributed by atoms with Crippen molar-refractivity contribution in [3.63, 3.8) is 0 Å². The van der Waals surface area contributed by atoms with Crippen LogP contribution in [0.5, 0.6) is 0 Å². The molecule has 5 nitrogen and oxygen atoms in total. The van der Waals surface area contributed by atoms with Crippen LogP contribution in [0.4, 0.5) is 0 Å². The fourth-order valence-electron chi connectivity index (χ4n) is 3.95. The number of nitrogens with zero attached hydrogens (tertiary/aromatic N) is 3. The number of carbonyl (C=O) groups is 1. The Labute approximate surface area is 139 Å². The van der Waals surface area contributed by atoms with Gasteiger partial charge in [-0.3, -0.25) is 9.48 Å². The maximum absolute atomic E-state index is 13.2. The zero-order chi connectivity index (χ0) is 16.4. The van der Waals surface area contributed by atoms with E-state index in [1.54, 1.807) is 0 Å². The molecule has 0 unspecified atom stereocenters. The normalized spacial score (nSPS) is 25.3. The predicted molar refractivity (Wildman–Crippen MR) is 91.7 cm³/mol. The highest BCUT2D eigenvalue weighted by Gasteiger charge is 2.36. The lowest BCUT2D eigenvalue weighted by Gasteiger charge is -2.40. The molecule has 0 aliphatic carbocycles. The molecule has 3 heterocycles. The monoisotopic (exact) mass is 318 g/mol.